The Balaban J connectivity index is 1.91. The number of ketones is 1. The SMILES string of the molecule is O=C(c1cnc2ccccc2n1)C1CCCCC1. The van der Waals surface area contributed by atoms with E-state index in [1.807, 2.05) is 24.3 Å². The van der Waals surface area contributed by atoms with E-state index in [1.165, 1.54) is 6.42 Å². The zero-order valence-electron chi connectivity index (χ0n) is 10.3. The molecular formula is C15H16N2O. The van der Waals surface area contributed by atoms with Crippen LogP contribution >= 0.6 is 0 Å². The summed E-state index contributed by atoms with van der Waals surface area (Å²) >= 11 is 0. The van der Waals surface area contributed by atoms with E-state index in [1.54, 1.807) is 6.20 Å². The Labute approximate surface area is 106 Å². The van der Waals surface area contributed by atoms with Crippen LogP contribution in [0.4, 0.5) is 0 Å². The lowest BCUT2D eigenvalue weighted by Crippen LogP contribution is -2.19. The van der Waals surface area contributed by atoms with Crippen molar-refractivity contribution in [1.82, 2.24) is 9.97 Å². The molecule has 0 radical (unpaired) electrons. The molecule has 1 fully saturated rings. The number of benzene rings is 1. The first kappa shape index (κ1) is 11.3. The minimum atomic E-state index is 0.161. The van der Waals surface area contributed by atoms with E-state index >= 15 is 0 Å². The number of Topliss-reactive ketones (excluding diaryl/α,β-unsaturated/α-hetero) is 1. The van der Waals surface area contributed by atoms with Gasteiger partial charge in [0, 0.05) is 5.92 Å². The third kappa shape index (κ3) is 2.13. The van der Waals surface area contributed by atoms with E-state index in [-0.39, 0.29) is 11.7 Å². The summed E-state index contributed by atoms with van der Waals surface area (Å²) in [6.45, 7) is 0. The van der Waals surface area contributed by atoms with Crippen LogP contribution in [0.2, 0.25) is 0 Å². The molecule has 1 saturated carbocycles. The molecule has 0 bridgehead atoms. The normalized spacial score (nSPS) is 16.9. The Hall–Kier alpha value is -1.77. The van der Waals surface area contributed by atoms with E-state index in [0.717, 1.165) is 36.7 Å². The molecule has 1 aromatic heterocycles. The van der Waals surface area contributed by atoms with E-state index in [2.05, 4.69) is 9.97 Å². The molecule has 3 nitrogen and oxygen atoms in total. The van der Waals surface area contributed by atoms with Gasteiger partial charge in [-0.2, -0.15) is 0 Å². The van der Waals surface area contributed by atoms with Crippen molar-refractivity contribution in [1.29, 1.82) is 0 Å². The van der Waals surface area contributed by atoms with Gasteiger partial charge >= 0.3 is 0 Å². The van der Waals surface area contributed by atoms with Crippen LogP contribution in [-0.4, -0.2) is 15.8 Å². The van der Waals surface area contributed by atoms with Crippen LogP contribution in [0.25, 0.3) is 11.0 Å². The number of aromatic nitrogens is 2. The molecule has 18 heavy (non-hydrogen) atoms. The highest BCUT2D eigenvalue weighted by molar-refractivity contribution is 5.97. The van der Waals surface area contributed by atoms with E-state index in [0.29, 0.717) is 5.69 Å². The second-order valence-corrected chi connectivity index (χ2v) is 4.94. The first-order chi connectivity index (χ1) is 8.84. The Morgan fingerprint density at radius 1 is 1.06 bits per heavy atom. The summed E-state index contributed by atoms with van der Waals surface area (Å²) in [4.78, 5) is 21.1. The highest BCUT2D eigenvalue weighted by atomic mass is 16.1. The van der Waals surface area contributed by atoms with Gasteiger partial charge in [0.15, 0.2) is 5.78 Å². The molecule has 0 spiro atoms. The number of para-hydroxylation sites is 2. The second-order valence-electron chi connectivity index (χ2n) is 4.94. The second kappa shape index (κ2) is 4.84. The fourth-order valence-electron chi connectivity index (χ4n) is 2.65. The van der Waals surface area contributed by atoms with Crippen molar-refractivity contribution in [3.8, 4) is 0 Å². The summed E-state index contributed by atoms with van der Waals surface area (Å²) in [6.07, 6.45) is 7.22. The summed E-state index contributed by atoms with van der Waals surface area (Å²) < 4.78 is 0. The lowest BCUT2D eigenvalue weighted by molar-refractivity contribution is 0.0884. The molecule has 1 heterocycles. The monoisotopic (exact) mass is 240 g/mol. The lowest BCUT2D eigenvalue weighted by Gasteiger charge is -2.19. The number of carbonyl (C=O) groups excluding carboxylic acids is 1. The van der Waals surface area contributed by atoms with Crippen LogP contribution in [0, 0.1) is 5.92 Å². The maximum Gasteiger partial charge on any atom is 0.185 e. The van der Waals surface area contributed by atoms with Gasteiger partial charge in [-0.15, -0.1) is 0 Å². The van der Waals surface area contributed by atoms with Crippen molar-refractivity contribution in [3.05, 3.63) is 36.2 Å². The van der Waals surface area contributed by atoms with Gasteiger partial charge in [0.2, 0.25) is 0 Å². The molecule has 2 aromatic rings. The molecule has 1 aliphatic rings. The van der Waals surface area contributed by atoms with Crippen LogP contribution in [0.5, 0.6) is 0 Å². The zero-order chi connectivity index (χ0) is 12.4. The summed E-state index contributed by atoms with van der Waals surface area (Å²) in [6, 6.07) is 7.67. The summed E-state index contributed by atoms with van der Waals surface area (Å²) in [5.41, 5.74) is 2.18. The largest absolute Gasteiger partial charge is 0.292 e. The van der Waals surface area contributed by atoms with Crippen LogP contribution in [-0.2, 0) is 0 Å². The van der Waals surface area contributed by atoms with E-state index in [9.17, 15) is 4.79 Å². The molecule has 0 atom stereocenters. The maximum absolute atomic E-state index is 12.3. The number of carbonyl (C=O) groups is 1. The molecule has 1 aliphatic carbocycles. The molecule has 0 aliphatic heterocycles. The topological polar surface area (TPSA) is 42.9 Å². The van der Waals surface area contributed by atoms with Gasteiger partial charge in [-0.05, 0) is 25.0 Å². The molecular weight excluding hydrogens is 224 g/mol. The van der Waals surface area contributed by atoms with Crippen molar-refractivity contribution >= 4 is 16.8 Å². The standard InChI is InChI=1S/C15H16N2O/c18-15(11-6-2-1-3-7-11)14-10-16-12-8-4-5-9-13(12)17-14/h4-5,8-11H,1-3,6-7H2. The van der Waals surface area contributed by atoms with Gasteiger partial charge in [0.1, 0.15) is 5.69 Å². The third-order valence-corrected chi connectivity index (χ3v) is 3.68. The predicted molar refractivity (Wildman–Crippen MR) is 70.4 cm³/mol. The molecule has 0 saturated heterocycles. The molecule has 0 unspecified atom stereocenters. The summed E-state index contributed by atoms with van der Waals surface area (Å²) in [7, 11) is 0. The molecule has 3 rings (SSSR count). The van der Waals surface area contributed by atoms with Gasteiger partial charge in [0.05, 0.1) is 17.2 Å². The fourth-order valence-corrected chi connectivity index (χ4v) is 2.65. The highest BCUT2D eigenvalue weighted by Crippen LogP contribution is 2.26. The van der Waals surface area contributed by atoms with Crippen molar-refractivity contribution < 1.29 is 4.79 Å². The molecule has 3 heteroatoms. The van der Waals surface area contributed by atoms with Crippen LogP contribution in [0.3, 0.4) is 0 Å². The minimum Gasteiger partial charge on any atom is -0.292 e. The predicted octanol–water partition coefficient (Wildman–Crippen LogP) is 3.39. The number of fused-ring (bicyclic) bond motifs is 1. The van der Waals surface area contributed by atoms with Crippen molar-refractivity contribution in [2.75, 3.05) is 0 Å². The van der Waals surface area contributed by atoms with Gasteiger partial charge in [-0.3, -0.25) is 9.78 Å². The molecule has 92 valence electrons. The summed E-state index contributed by atoms with van der Waals surface area (Å²) in [5, 5.41) is 0. The van der Waals surface area contributed by atoms with Crippen LogP contribution in [0.1, 0.15) is 42.6 Å². The average Bonchev–Trinajstić information content (AvgIpc) is 2.47. The lowest BCUT2D eigenvalue weighted by atomic mass is 9.85. The maximum atomic E-state index is 12.3. The number of hydrogen-bond donors (Lipinski definition) is 0. The average molecular weight is 240 g/mol. The highest BCUT2D eigenvalue weighted by Gasteiger charge is 2.23. The van der Waals surface area contributed by atoms with E-state index < -0.39 is 0 Å². The smallest absolute Gasteiger partial charge is 0.185 e. The number of hydrogen-bond acceptors (Lipinski definition) is 3. The fraction of sp³-hybridized carbons (Fsp3) is 0.400. The minimum absolute atomic E-state index is 0.161. The van der Waals surface area contributed by atoms with Gasteiger partial charge in [-0.1, -0.05) is 31.4 Å². The molecule has 0 N–H and O–H groups in total. The first-order valence-electron chi connectivity index (χ1n) is 6.60. The first-order valence-corrected chi connectivity index (χ1v) is 6.60. The molecule has 0 amide bonds. The Kier molecular flexibility index (Phi) is 3.05. The Bertz CT molecular complexity index is 573. The Morgan fingerprint density at radius 3 is 2.56 bits per heavy atom. The van der Waals surface area contributed by atoms with Gasteiger partial charge < -0.3 is 0 Å². The zero-order valence-corrected chi connectivity index (χ0v) is 10.3. The van der Waals surface area contributed by atoms with Crippen molar-refractivity contribution in [2.24, 2.45) is 5.92 Å². The van der Waals surface area contributed by atoms with Crippen LogP contribution < -0.4 is 0 Å². The number of rotatable bonds is 2. The Morgan fingerprint density at radius 2 is 1.78 bits per heavy atom. The number of nitrogens with zero attached hydrogens (tertiary/aromatic N) is 2. The molecule has 1 aromatic carbocycles. The quantitative estimate of drug-likeness (QED) is 0.756. The van der Waals surface area contributed by atoms with Crippen molar-refractivity contribution in [2.45, 2.75) is 32.1 Å². The van der Waals surface area contributed by atoms with E-state index in [4.69, 9.17) is 0 Å². The third-order valence-electron chi connectivity index (χ3n) is 3.68. The van der Waals surface area contributed by atoms with Crippen LogP contribution in [0.15, 0.2) is 30.5 Å². The van der Waals surface area contributed by atoms with Gasteiger partial charge in [0.25, 0.3) is 0 Å². The summed E-state index contributed by atoms with van der Waals surface area (Å²) in [5.74, 6) is 0.335. The van der Waals surface area contributed by atoms with Gasteiger partial charge in [-0.25, -0.2) is 4.98 Å². The van der Waals surface area contributed by atoms with Crippen molar-refractivity contribution in [3.63, 3.8) is 0 Å².